The predicted molar refractivity (Wildman–Crippen MR) is 82.7 cm³/mol. The number of rotatable bonds is 3. The topological polar surface area (TPSA) is 45.5 Å². The fraction of sp³-hybridized carbons (Fsp3) is 0.588. The summed E-state index contributed by atoms with van der Waals surface area (Å²) in [5, 5.41) is 9.52. The zero-order valence-electron chi connectivity index (χ0n) is 13.5. The zero-order chi connectivity index (χ0) is 15.6. The maximum Gasteiger partial charge on any atom is 0.122 e. The maximum absolute atomic E-state index is 9.52. The SMILES string of the molecule is COc1ccc(OC)c([C@H]2CN(C(C)(C)C)C[C@@H]2C#N)c1. The summed E-state index contributed by atoms with van der Waals surface area (Å²) in [6.07, 6.45) is 0. The van der Waals surface area contributed by atoms with E-state index in [9.17, 15) is 5.26 Å². The molecule has 0 amide bonds. The molecule has 4 heteroatoms. The highest BCUT2D eigenvalue weighted by molar-refractivity contribution is 5.44. The van der Waals surface area contributed by atoms with Crippen molar-refractivity contribution >= 4 is 0 Å². The van der Waals surface area contributed by atoms with Crippen LogP contribution in [0.2, 0.25) is 0 Å². The van der Waals surface area contributed by atoms with E-state index in [4.69, 9.17) is 9.47 Å². The van der Waals surface area contributed by atoms with Gasteiger partial charge in [0.05, 0.1) is 26.2 Å². The largest absolute Gasteiger partial charge is 0.497 e. The van der Waals surface area contributed by atoms with Crippen LogP contribution < -0.4 is 9.47 Å². The molecule has 1 fully saturated rings. The van der Waals surface area contributed by atoms with Crippen LogP contribution in [0.4, 0.5) is 0 Å². The van der Waals surface area contributed by atoms with Crippen LogP contribution in [-0.2, 0) is 0 Å². The molecule has 4 nitrogen and oxygen atoms in total. The van der Waals surface area contributed by atoms with Gasteiger partial charge in [0, 0.05) is 30.1 Å². The molecule has 0 bridgehead atoms. The number of likely N-dealkylation sites (tertiary alicyclic amines) is 1. The molecular weight excluding hydrogens is 264 g/mol. The normalized spacial score (nSPS) is 22.9. The Bertz CT molecular complexity index is 543. The van der Waals surface area contributed by atoms with E-state index in [1.807, 2.05) is 18.2 Å². The Morgan fingerprint density at radius 1 is 1.19 bits per heavy atom. The minimum absolute atomic E-state index is 0.0229. The Morgan fingerprint density at radius 2 is 1.90 bits per heavy atom. The highest BCUT2D eigenvalue weighted by Gasteiger charge is 2.39. The van der Waals surface area contributed by atoms with Gasteiger partial charge >= 0.3 is 0 Å². The summed E-state index contributed by atoms with van der Waals surface area (Å²) in [5.41, 5.74) is 1.13. The summed E-state index contributed by atoms with van der Waals surface area (Å²) in [5.74, 6) is 1.76. The molecule has 2 rings (SSSR count). The van der Waals surface area contributed by atoms with Gasteiger partial charge in [0.2, 0.25) is 0 Å². The maximum atomic E-state index is 9.52. The Balaban J connectivity index is 2.38. The second-order valence-electron chi connectivity index (χ2n) is 6.53. The highest BCUT2D eigenvalue weighted by atomic mass is 16.5. The lowest BCUT2D eigenvalue weighted by Gasteiger charge is -2.31. The van der Waals surface area contributed by atoms with Gasteiger partial charge in [0.15, 0.2) is 0 Å². The molecule has 0 spiro atoms. The molecule has 2 atom stereocenters. The van der Waals surface area contributed by atoms with Gasteiger partial charge in [0.1, 0.15) is 11.5 Å². The van der Waals surface area contributed by atoms with Crippen LogP contribution in [0.3, 0.4) is 0 Å². The van der Waals surface area contributed by atoms with E-state index in [0.29, 0.717) is 0 Å². The number of benzene rings is 1. The van der Waals surface area contributed by atoms with Gasteiger partial charge in [-0.05, 0) is 39.0 Å². The van der Waals surface area contributed by atoms with Crippen LogP contribution >= 0.6 is 0 Å². The van der Waals surface area contributed by atoms with Crippen molar-refractivity contribution < 1.29 is 9.47 Å². The first-order valence-electron chi connectivity index (χ1n) is 7.27. The van der Waals surface area contributed by atoms with Crippen molar-refractivity contribution in [3.05, 3.63) is 23.8 Å². The lowest BCUT2D eigenvalue weighted by molar-refractivity contribution is 0.170. The number of nitriles is 1. The average molecular weight is 288 g/mol. The lowest BCUT2D eigenvalue weighted by atomic mass is 9.89. The van der Waals surface area contributed by atoms with Crippen LogP contribution in [0.15, 0.2) is 18.2 Å². The van der Waals surface area contributed by atoms with Crippen LogP contribution in [0.1, 0.15) is 32.3 Å². The fourth-order valence-corrected chi connectivity index (χ4v) is 2.93. The Labute approximate surface area is 127 Å². The van der Waals surface area contributed by atoms with E-state index in [2.05, 4.69) is 31.7 Å². The molecule has 1 heterocycles. The Morgan fingerprint density at radius 3 is 2.43 bits per heavy atom. The molecule has 0 aliphatic carbocycles. The predicted octanol–water partition coefficient (Wildman–Crippen LogP) is 3.04. The third-order valence-corrected chi connectivity index (χ3v) is 4.27. The summed E-state index contributed by atoms with van der Waals surface area (Å²) in [6.45, 7) is 8.22. The molecule has 1 saturated heterocycles. The molecular formula is C17H24N2O2. The molecule has 1 aliphatic rings. The first-order chi connectivity index (χ1) is 9.90. The second-order valence-corrected chi connectivity index (χ2v) is 6.53. The van der Waals surface area contributed by atoms with Crippen molar-refractivity contribution in [2.24, 2.45) is 5.92 Å². The van der Waals surface area contributed by atoms with Gasteiger partial charge < -0.3 is 9.47 Å². The van der Waals surface area contributed by atoms with Crippen molar-refractivity contribution in [1.82, 2.24) is 4.90 Å². The monoisotopic (exact) mass is 288 g/mol. The molecule has 0 aromatic heterocycles. The van der Waals surface area contributed by atoms with Crippen molar-refractivity contribution in [2.75, 3.05) is 27.3 Å². The molecule has 21 heavy (non-hydrogen) atoms. The number of nitrogens with zero attached hydrogens (tertiary/aromatic N) is 2. The van der Waals surface area contributed by atoms with Gasteiger partial charge in [-0.2, -0.15) is 5.26 Å². The smallest absolute Gasteiger partial charge is 0.122 e. The first-order valence-corrected chi connectivity index (χ1v) is 7.27. The standard InChI is InChI=1S/C17H24N2O2/c1-17(2,3)19-10-12(9-18)15(11-19)14-8-13(20-4)6-7-16(14)21-5/h6-8,12,15H,10-11H2,1-5H3/t12-,15-/m0/s1. The third kappa shape index (κ3) is 3.14. The fourth-order valence-electron chi connectivity index (χ4n) is 2.93. The van der Waals surface area contributed by atoms with Crippen molar-refractivity contribution in [3.8, 4) is 17.6 Å². The van der Waals surface area contributed by atoms with Crippen LogP contribution in [0.25, 0.3) is 0 Å². The summed E-state index contributed by atoms with van der Waals surface area (Å²) in [4.78, 5) is 2.37. The van der Waals surface area contributed by atoms with Crippen LogP contribution in [0, 0.1) is 17.2 Å². The molecule has 114 valence electrons. The quantitative estimate of drug-likeness (QED) is 0.857. The minimum Gasteiger partial charge on any atom is -0.497 e. The van der Waals surface area contributed by atoms with Gasteiger partial charge in [-0.25, -0.2) is 0 Å². The van der Waals surface area contributed by atoms with Crippen molar-refractivity contribution in [1.29, 1.82) is 5.26 Å². The third-order valence-electron chi connectivity index (χ3n) is 4.27. The van der Waals surface area contributed by atoms with E-state index in [1.54, 1.807) is 14.2 Å². The molecule has 1 aromatic rings. The molecule has 0 radical (unpaired) electrons. The summed E-state index contributed by atoms with van der Waals surface area (Å²) >= 11 is 0. The molecule has 0 saturated carbocycles. The highest BCUT2D eigenvalue weighted by Crippen LogP contribution is 2.40. The van der Waals surface area contributed by atoms with Crippen molar-refractivity contribution in [3.63, 3.8) is 0 Å². The summed E-state index contributed by atoms with van der Waals surface area (Å²) in [6, 6.07) is 8.27. The molecule has 1 aromatic carbocycles. The Kier molecular flexibility index (Phi) is 4.43. The van der Waals surface area contributed by atoms with Crippen LogP contribution in [-0.4, -0.2) is 37.7 Å². The molecule has 0 N–H and O–H groups in total. The lowest BCUT2D eigenvalue weighted by Crippen LogP contribution is -2.39. The van der Waals surface area contributed by atoms with E-state index in [-0.39, 0.29) is 17.4 Å². The van der Waals surface area contributed by atoms with Gasteiger partial charge in [-0.3, -0.25) is 4.90 Å². The summed E-state index contributed by atoms with van der Waals surface area (Å²) in [7, 11) is 3.33. The van der Waals surface area contributed by atoms with Crippen molar-refractivity contribution in [2.45, 2.75) is 32.2 Å². The Hall–Kier alpha value is -1.73. The van der Waals surface area contributed by atoms with Gasteiger partial charge in [-0.15, -0.1) is 0 Å². The van der Waals surface area contributed by atoms with E-state index >= 15 is 0 Å². The minimum atomic E-state index is -0.0229. The molecule has 1 aliphatic heterocycles. The van der Waals surface area contributed by atoms with Gasteiger partial charge in [0.25, 0.3) is 0 Å². The number of methoxy groups -OCH3 is 2. The average Bonchev–Trinajstić information content (AvgIpc) is 2.90. The number of hydrogen-bond acceptors (Lipinski definition) is 4. The van der Waals surface area contributed by atoms with Gasteiger partial charge in [-0.1, -0.05) is 0 Å². The van der Waals surface area contributed by atoms with E-state index in [1.165, 1.54) is 0 Å². The number of hydrogen-bond donors (Lipinski definition) is 0. The van der Waals surface area contributed by atoms with Crippen LogP contribution in [0.5, 0.6) is 11.5 Å². The second kappa shape index (κ2) is 5.95. The number of ether oxygens (including phenoxy) is 2. The van der Waals surface area contributed by atoms with E-state index in [0.717, 1.165) is 30.2 Å². The van der Waals surface area contributed by atoms with E-state index < -0.39 is 0 Å². The zero-order valence-corrected chi connectivity index (χ0v) is 13.5. The molecule has 0 unspecified atom stereocenters. The summed E-state index contributed by atoms with van der Waals surface area (Å²) < 4.78 is 10.8. The first kappa shape index (κ1) is 15.7.